The zero-order valence-corrected chi connectivity index (χ0v) is 21.8. The predicted molar refractivity (Wildman–Crippen MR) is 144 cm³/mol. The molecule has 1 aliphatic rings. The van der Waals surface area contributed by atoms with Crippen molar-refractivity contribution in [2.75, 3.05) is 25.0 Å². The van der Waals surface area contributed by atoms with Crippen LogP contribution >= 0.6 is 23.2 Å². The third-order valence-electron chi connectivity index (χ3n) is 6.23. The Bertz CT molecular complexity index is 1360. The Balaban J connectivity index is 1.42. The second kappa shape index (κ2) is 11.8. The molecule has 2 amide bonds. The van der Waals surface area contributed by atoms with Crippen LogP contribution in [-0.2, 0) is 4.79 Å². The summed E-state index contributed by atoms with van der Waals surface area (Å²) in [4.78, 5) is 39.5. The number of rotatable bonds is 9. The van der Waals surface area contributed by atoms with E-state index in [1.165, 1.54) is 12.1 Å². The Morgan fingerprint density at radius 1 is 1.03 bits per heavy atom. The maximum Gasteiger partial charge on any atom is 0.251 e. The van der Waals surface area contributed by atoms with Gasteiger partial charge in [-0.15, -0.1) is 0 Å². The van der Waals surface area contributed by atoms with Crippen LogP contribution in [0.4, 0.5) is 15.8 Å². The number of likely N-dealkylation sites (tertiary alicyclic amines) is 1. The number of aryl methyl sites for hydroxylation is 1. The molecule has 3 aromatic rings. The van der Waals surface area contributed by atoms with E-state index in [-0.39, 0.29) is 38.9 Å². The van der Waals surface area contributed by atoms with Crippen LogP contribution in [0.1, 0.15) is 51.1 Å². The molecule has 3 aromatic carbocycles. The SMILES string of the molecule is Cc1ccc(C(=O)NCCCN2CCCC2=O)cc1C(=O)c1ccc(Nc2ccc(Cl)cc2F)cc1Cl. The first kappa shape index (κ1) is 26.6. The van der Waals surface area contributed by atoms with Gasteiger partial charge < -0.3 is 15.5 Å². The van der Waals surface area contributed by atoms with Crippen LogP contribution in [0.25, 0.3) is 0 Å². The van der Waals surface area contributed by atoms with Gasteiger partial charge in [0.05, 0.1) is 10.7 Å². The van der Waals surface area contributed by atoms with Gasteiger partial charge in [0.2, 0.25) is 5.91 Å². The lowest BCUT2D eigenvalue weighted by molar-refractivity contribution is -0.127. The number of halogens is 3. The molecule has 2 N–H and O–H groups in total. The number of nitrogens with zero attached hydrogens (tertiary/aromatic N) is 1. The van der Waals surface area contributed by atoms with Gasteiger partial charge in [0.1, 0.15) is 5.82 Å². The van der Waals surface area contributed by atoms with Crippen LogP contribution in [0, 0.1) is 12.7 Å². The van der Waals surface area contributed by atoms with Crippen LogP contribution in [0.3, 0.4) is 0 Å². The first-order valence-electron chi connectivity index (χ1n) is 12.0. The minimum Gasteiger partial charge on any atom is -0.353 e. The van der Waals surface area contributed by atoms with Crippen molar-refractivity contribution in [3.63, 3.8) is 0 Å². The van der Waals surface area contributed by atoms with Crippen LogP contribution in [0.15, 0.2) is 54.6 Å². The average Bonchev–Trinajstić information content (AvgIpc) is 3.28. The minimum absolute atomic E-state index is 0.160. The highest BCUT2D eigenvalue weighted by atomic mass is 35.5. The highest BCUT2D eigenvalue weighted by Gasteiger charge is 2.20. The van der Waals surface area contributed by atoms with Gasteiger partial charge in [-0.25, -0.2) is 4.39 Å². The van der Waals surface area contributed by atoms with Gasteiger partial charge in [-0.1, -0.05) is 29.3 Å². The molecule has 1 aliphatic heterocycles. The van der Waals surface area contributed by atoms with E-state index in [0.717, 1.165) is 13.0 Å². The standard InChI is InChI=1S/C28H26Cl2FN3O3/c1-17-5-6-18(28(37)32-11-3-13-34-12-2-4-26(34)35)14-22(17)27(36)21-9-8-20(16-23(21)30)33-25-10-7-19(29)15-24(25)31/h5-10,14-16,33H,2-4,11-13H2,1H3,(H,32,37). The van der Waals surface area contributed by atoms with Crippen LogP contribution in [0.5, 0.6) is 0 Å². The van der Waals surface area contributed by atoms with E-state index in [2.05, 4.69) is 10.6 Å². The van der Waals surface area contributed by atoms with Gasteiger partial charge in [0.25, 0.3) is 5.91 Å². The molecular weight excluding hydrogens is 516 g/mol. The summed E-state index contributed by atoms with van der Waals surface area (Å²) in [6.45, 7) is 3.60. The zero-order chi connectivity index (χ0) is 26.5. The lowest BCUT2D eigenvalue weighted by Crippen LogP contribution is -2.30. The number of hydrogen-bond donors (Lipinski definition) is 2. The molecule has 0 aliphatic carbocycles. The van der Waals surface area contributed by atoms with Gasteiger partial charge in [-0.2, -0.15) is 0 Å². The fourth-order valence-corrected chi connectivity index (χ4v) is 4.62. The average molecular weight is 542 g/mol. The monoisotopic (exact) mass is 541 g/mol. The number of nitrogens with one attached hydrogen (secondary N) is 2. The summed E-state index contributed by atoms with van der Waals surface area (Å²) in [6, 6.07) is 13.9. The fourth-order valence-electron chi connectivity index (χ4n) is 4.19. The summed E-state index contributed by atoms with van der Waals surface area (Å²) in [5.74, 6) is -0.974. The first-order chi connectivity index (χ1) is 17.7. The van der Waals surface area contributed by atoms with E-state index >= 15 is 0 Å². The highest BCUT2D eigenvalue weighted by Crippen LogP contribution is 2.28. The molecule has 1 saturated heterocycles. The molecule has 6 nitrogen and oxygen atoms in total. The molecule has 0 atom stereocenters. The van der Waals surface area contributed by atoms with Gasteiger partial charge in [0, 0.05) is 53.5 Å². The summed E-state index contributed by atoms with van der Waals surface area (Å²) in [7, 11) is 0. The maximum absolute atomic E-state index is 14.1. The molecule has 1 heterocycles. The molecule has 0 spiro atoms. The van der Waals surface area contributed by atoms with Crippen molar-refractivity contribution >= 4 is 52.2 Å². The molecule has 9 heteroatoms. The molecule has 0 radical (unpaired) electrons. The lowest BCUT2D eigenvalue weighted by Gasteiger charge is -2.15. The van der Waals surface area contributed by atoms with Crippen LogP contribution < -0.4 is 10.6 Å². The number of benzene rings is 3. The third-order valence-corrected chi connectivity index (χ3v) is 6.78. The highest BCUT2D eigenvalue weighted by molar-refractivity contribution is 6.35. The smallest absolute Gasteiger partial charge is 0.251 e. The molecule has 0 saturated carbocycles. The number of anilines is 2. The van der Waals surface area contributed by atoms with Crippen molar-refractivity contribution < 1.29 is 18.8 Å². The van der Waals surface area contributed by atoms with E-state index in [1.54, 1.807) is 49.4 Å². The molecule has 192 valence electrons. The number of carbonyl (C=O) groups excluding carboxylic acids is 3. The van der Waals surface area contributed by atoms with Crippen molar-refractivity contribution in [2.24, 2.45) is 0 Å². The molecule has 0 bridgehead atoms. The molecule has 0 aromatic heterocycles. The van der Waals surface area contributed by atoms with E-state index in [9.17, 15) is 18.8 Å². The van der Waals surface area contributed by atoms with Crippen molar-refractivity contribution in [1.29, 1.82) is 0 Å². The minimum atomic E-state index is -0.515. The van der Waals surface area contributed by atoms with E-state index in [0.29, 0.717) is 48.3 Å². The second-order valence-corrected chi connectivity index (χ2v) is 9.74. The molecule has 37 heavy (non-hydrogen) atoms. The topological polar surface area (TPSA) is 78.5 Å². The van der Waals surface area contributed by atoms with Crippen molar-refractivity contribution in [2.45, 2.75) is 26.2 Å². The number of amides is 2. The molecular formula is C28H26Cl2FN3O3. The second-order valence-electron chi connectivity index (χ2n) is 8.90. The summed E-state index contributed by atoms with van der Waals surface area (Å²) >= 11 is 12.2. The van der Waals surface area contributed by atoms with Gasteiger partial charge >= 0.3 is 0 Å². The fraction of sp³-hybridized carbons (Fsp3) is 0.250. The van der Waals surface area contributed by atoms with Gasteiger partial charge in [0.15, 0.2) is 5.78 Å². The first-order valence-corrected chi connectivity index (χ1v) is 12.7. The number of ketones is 1. The van der Waals surface area contributed by atoms with Crippen molar-refractivity contribution in [1.82, 2.24) is 10.2 Å². The van der Waals surface area contributed by atoms with Gasteiger partial charge in [-0.3, -0.25) is 14.4 Å². The van der Waals surface area contributed by atoms with Crippen LogP contribution in [-0.4, -0.2) is 42.1 Å². The zero-order valence-electron chi connectivity index (χ0n) is 20.2. The number of hydrogen-bond acceptors (Lipinski definition) is 4. The lowest BCUT2D eigenvalue weighted by atomic mass is 9.96. The Morgan fingerprint density at radius 2 is 1.84 bits per heavy atom. The summed E-state index contributed by atoms with van der Waals surface area (Å²) in [5.41, 5.74) is 2.42. The van der Waals surface area contributed by atoms with E-state index < -0.39 is 5.82 Å². The Hall–Kier alpha value is -3.42. The Kier molecular flexibility index (Phi) is 8.46. The van der Waals surface area contributed by atoms with Crippen molar-refractivity contribution in [3.05, 3.63) is 92.7 Å². The largest absolute Gasteiger partial charge is 0.353 e. The maximum atomic E-state index is 14.1. The predicted octanol–water partition coefficient (Wildman–Crippen LogP) is 6.16. The Labute approximate surface area is 224 Å². The molecule has 4 rings (SSSR count). The van der Waals surface area contributed by atoms with E-state index in [1.807, 2.05) is 4.90 Å². The quantitative estimate of drug-likeness (QED) is 0.251. The summed E-state index contributed by atoms with van der Waals surface area (Å²) in [6.07, 6.45) is 2.14. The molecule has 1 fully saturated rings. The summed E-state index contributed by atoms with van der Waals surface area (Å²) < 4.78 is 14.1. The van der Waals surface area contributed by atoms with Crippen LogP contribution in [0.2, 0.25) is 10.0 Å². The van der Waals surface area contributed by atoms with E-state index in [4.69, 9.17) is 23.2 Å². The number of carbonyl (C=O) groups is 3. The van der Waals surface area contributed by atoms with Crippen molar-refractivity contribution in [3.8, 4) is 0 Å². The molecule has 0 unspecified atom stereocenters. The normalized spacial score (nSPS) is 13.1. The summed E-state index contributed by atoms with van der Waals surface area (Å²) in [5, 5.41) is 6.25. The Morgan fingerprint density at radius 3 is 2.54 bits per heavy atom. The van der Waals surface area contributed by atoms with Gasteiger partial charge in [-0.05, 0) is 73.9 Å². The third kappa shape index (κ3) is 6.48.